The third kappa shape index (κ3) is 11.0. The number of hydrogen-bond acceptors (Lipinski definition) is 13. The number of phosphoric ester groups is 2. The van der Waals surface area contributed by atoms with Crippen molar-refractivity contribution in [2.75, 3.05) is 18.5 Å². The molecule has 6 atom stereocenters. The second-order valence-corrected chi connectivity index (χ2v) is 13.9. The maximum atomic E-state index is 13.3. The monoisotopic (exact) mass is 737 g/mol. The number of unbranched alkanes of at least 4 members (excludes halogenated alkanes) is 1. The molecule has 0 saturated carbocycles. The lowest BCUT2D eigenvalue weighted by Gasteiger charge is -2.25. The van der Waals surface area contributed by atoms with Gasteiger partial charge in [0.2, 0.25) is 5.91 Å². The maximum Gasteiger partial charge on any atom is 0.481 e. The average molecular weight is 738 g/mol. The fraction of sp³-hybridized carbons (Fsp3) is 0.387. The molecule has 3 N–H and O–H groups in total. The molecule has 2 heterocycles. The largest absolute Gasteiger partial charge is 0.481 e. The Morgan fingerprint density at radius 2 is 1.44 bits per heavy atom. The van der Waals surface area contributed by atoms with Gasteiger partial charge in [-0.05, 0) is 43.2 Å². The summed E-state index contributed by atoms with van der Waals surface area (Å²) < 4.78 is 57.2. The van der Waals surface area contributed by atoms with Crippen molar-refractivity contribution in [2.45, 2.75) is 64.1 Å². The number of esters is 2. The smallest absolute Gasteiger partial charge is 0.452 e. The molecule has 2 aromatic carbocycles. The molecular formula is C31H37N3O14P2. The molecule has 3 unspecified atom stereocenters. The van der Waals surface area contributed by atoms with Crippen LogP contribution in [0.1, 0.15) is 66.5 Å². The molecule has 0 bridgehead atoms. The zero-order chi connectivity index (χ0) is 36.3. The number of benzene rings is 2. The van der Waals surface area contributed by atoms with Gasteiger partial charge in [-0.3, -0.25) is 18.4 Å². The molecule has 0 radical (unpaired) electrons. The van der Waals surface area contributed by atoms with Crippen LogP contribution in [0.15, 0.2) is 77.7 Å². The number of anilines is 1. The zero-order valence-corrected chi connectivity index (χ0v) is 28.9. The molecule has 1 aromatic heterocycles. The Morgan fingerprint density at radius 1 is 0.860 bits per heavy atom. The summed E-state index contributed by atoms with van der Waals surface area (Å²) in [7, 11) is -10.4. The lowest BCUT2D eigenvalue weighted by Crippen LogP contribution is -2.42. The van der Waals surface area contributed by atoms with E-state index in [1.165, 1.54) is 36.5 Å². The quantitative estimate of drug-likeness (QED) is 0.129. The normalized spacial score (nSPS) is 21.0. The van der Waals surface area contributed by atoms with Gasteiger partial charge in [0.15, 0.2) is 18.4 Å². The number of aromatic nitrogens is 2. The van der Waals surface area contributed by atoms with Crippen molar-refractivity contribution >= 4 is 39.3 Å². The first-order valence-corrected chi connectivity index (χ1v) is 18.5. The molecule has 1 saturated heterocycles. The second-order valence-electron chi connectivity index (χ2n) is 10.8. The summed E-state index contributed by atoms with van der Waals surface area (Å²) in [6, 6.07) is 16.7. The van der Waals surface area contributed by atoms with Crippen LogP contribution in [-0.4, -0.2) is 68.7 Å². The SMILES string of the molecule is CCCCC(=O)Nc1ccn([C@@H]2O[C@H](COP(=O)(O)OP(=O)(O)OCCC)C(OC(=O)c3ccccc3)[C@@H]2OC(=O)c2ccccc2)c(=O)n1. The van der Waals surface area contributed by atoms with Crippen LogP contribution >= 0.6 is 15.6 Å². The first-order valence-electron chi connectivity index (χ1n) is 15.5. The summed E-state index contributed by atoms with van der Waals surface area (Å²) in [6.45, 7) is 2.32. The van der Waals surface area contributed by atoms with Crippen LogP contribution in [0, 0.1) is 0 Å². The third-order valence-corrected chi connectivity index (χ3v) is 9.62. The molecule has 19 heteroatoms. The van der Waals surface area contributed by atoms with Crippen molar-refractivity contribution in [1.82, 2.24) is 9.55 Å². The van der Waals surface area contributed by atoms with Crippen LogP contribution in [-0.2, 0) is 41.5 Å². The molecular weight excluding hydrogens is 700 g/mol. The number of nitrogens with zero attached hydrogens (tertiary/aromatic N) is 2. The topological polar surface area (TPSA) is 228 Å². The van der Waals surface area contributed by atoms with Gasteiger partial charge in [-0.1, -0.05) is 56.7 Å². The number of phosphoric acid groups is 2. The minimum atomic E-state index is -5.34. The summed E-state index contributed by atoms with van der Waals surface area (Å²) in [5.41, 5.74) is -0.797. The molecule has 4 rings (SSSR count). The number of nitrogens with one attached hydrogen (secondary N) is 1. The van der Waals surface area contributed by atoms with Crippen LogP contribution in [0.5, 0.6) is 0 Å². The van der Waals surface area contributed by atoms with Crippen molar-refractivity contribution < 1.29 is 60.9 Å². The van der Waals surface area contributed by atoms with Gasteiger partial charge in [-0.2, -0.15) is 9.29 Å². The third-order valence-electron chi connectivity index (χ3n) is 6.99. The van der Waals surface area contributed by atoms with Crippen LogP contribution in [0.3, 0.4) is 0 Å². The highest BCUT2D eigenvalue weighted by Crippen LogP contribution is 2.60. The van der Waals surface area contributed by atoms with E-state index in [1.807, 2.05) is 6.92 Å². The highest BCUT2D eigenvalue weighted by molar-refractivity contribution is 7.61. The van der Waals surface area contributed by atoms with Gasteiger partial charge in [0, 0.05) is 12.6 Å². The van der Waals surface area contributed by atoms with Gasteiger partial charge < -0.3 is 29.3 Å². The first-order chi connectivity index (χ1) is 23.8. The van der Waals surface area contributed by atoms with Gasteiger partial charge in [-0.15, -0.1) is 0 Å². The lowest BCUT2D eigenvalue weighted by molar-refractivity contribution is -0.116. The van der Waals surface area contributed by atoms with E-state index in [0.717, 1.165) is 11.0 Å². The van der Waals surface area contributed by atoms with Crippen LogP contribution in [0.25, 0.3) is 0 Å². The molecule has 0 aliphatic carbocycles. The predicted octanol–water partition coefficient (Wildman–Crippen LogP) is 4.38. The molecule has 1 aliphatic heterocycles. The number of rotatable bonds is 17. The van der Waals surface area contributed by atoms with E-state index in [9.17, 15) is 38.1 Å². The summed E-state index contributed by atoms with van der Waals surface area (Å²) in [4.78, 5) is 76.1. The molecule has 1 fully saturated rings. The second kappa shape index (κ2) is 17.7. The van der Waals surface area contributed by atoms with Crippen molar-refractivity contribution in [2.24, 2.45) is 0 Å². The molecule has 3 aromatic rings. The van der Waals surface area contributed by atoms with Gasteiger partial charge in [0.25, 0.3) is 0 Å². The van der Waals surface area contributed by atoms with Crippen LogP contribution in [0.4, 0.5) is 5.82 Å². The van der Waals surface area contributed by atoms with E-state index < -0.39 is 64.4 Å². The summed E-state index contributed by atoms with van der Waals surface area (Å²) in [6.07, 6.45) is -3.27. The highest BCUT2D eigenvalue weighted by Gasteiger charge is 2.52. The van der Waals surface area contributed by atoms with Crippen molar-refractivity contribution in [3.8, 4) is 0 Å². The van der Waals surface area contributed by atoms with E-state index in [0.29, 0.717) is 12.8 Å². The number of amides is 1. The Balaban J connectivity index is 1.69. The van der Waals surface area contributed by atoms with E-state index in [-0.39, 0.29) is 35.9 Å². The maximum absolute atomic E-state index is 13.3. The zero-order valence-electron chi connectivity index (χ0n) is 27.1. The van der Waals surface area contributed by atoms with Crippen molar-refractivity contribution in [1.29, 1.82) is 0 Å². The van der Waals surface area contributed by atoms with Crippen LogP contribution < -0.4 is 11.0 Å². The fourth-order valence-corrected chi connectivity index (χ4v) is 6.81. The highest BCUT2D eigenvalue weighted by atomic mass is 31.3. The van der Waals surface area contributed by atoms with Gasteiger partial charge in [0.05, 0.1) is 24.3 Å². The number of ether oxygens (including phenoxy) is 3. The summed E-state index contributed by atoms with van der Waals surface area (Å²) in [5.74, 6) is -2.25. The van der Waals surface area contributed by atoms with E-state index >= 15 is 0 Å². The van der Waals surface area contributed by atoms with E-state index in [2.05, 4.69) is 19.1 Å². The lowest BCUT2D eigenvalue weighted by atomic mass is 10.1. The number of hydrogen-bond donors (Lipinski definition) is 3. The minimum Gasteiger partial charge on any atom is -0.452 e. The number of carbonyl (C=O) groups is 3. The minimum absolute atomic E-state index is 0.0628. The van der Waals surface area contributed by atoms with E-state index in [4.69, 9.17) is 18.7 Å². The molecule has 1 amide bonds. The molecule has 270 valence electrons. The van der Waals surface area contributed by atoms with Crippen molar-refractivity contribution in [3.63, 3.8) is 0 Å². The van der Waals surface area contributed by atoms with Gasteiger partial charge in [-0.25, -0.2) is 23.5 Å². The van der Waals surface area contributed by atoms with Crippen LogP contribution in [0.2, 0.25) is 0 Å². The Kier molecular flexibility index (Phi) is 13.8. The Bertz CT molecular complexity index is 1770. The predicted molar refractivity (Wildman–Crippen MR) is 175 cm³/mol. The fourth-order valence-electron chi connectivity index (χ4n) is 4.64. The number of carbonyl (C=O) groups excluding carboxylic acids is 3. The van der Waals surface area contributed by atoms with Gasteiger partial charge in [0.1, 0.15) is 11.9 Å². The summed E-state index contributed by atoms with van der Waals surface area (Å²) in [5, 5.41) is 2.53. The Labute approximate surface area is 286 Å². The Morgan fingerprint density at radius 3 is 2.00 bits per heavy atom. The van der Waals surface area contributed by atoms with Gasteiger partial charge >= 0.3 is 33.3 Å². The molecule has 1 aliphatic rings. The summed E-state index contributed by atoms with van der Waals surface area (Å²) >= 11 is 0. The van der Waals surface area contributed by atoms with E-state index in [1.54, 1.807) is 43.3 Å². The van der Waals surface area contributed by atoms with Crippen molar-refractivity contribution in [3.05, 3.63) is 94.5 Å². The average Bonchev–Trinajstić information content (AvgIpc) is 3.41. The molecule has 17 nitrogen and oxygen atoms in total. The molecule has 0 spiro atoms. The standard InChI is InChI=1S/C31H37N3O14P2/c1-3-5-16-25(35)32-24-17-18-34(31(38)33-24)28-27(47-30(37)22-14-10-7-11-15-22)26(46-29(36)21-12-8-6-9-13-21)23(45-28)20-44-50(41,42)48-49(39,40)43-19-4-2/h6-15,17-18,23,26-28H,3-5,16,19-20H2,1-2H3,(H,39,40)(H,41,42)(H,32,33,35,38)/t23-,26?,27+,28-/m1/s1. The molecule has 50 heavy (non-hydrogen) atoms. The first kappa shape index (κ1) is 38.7. The Hall–Kier alpha value is -4.05.